The maximum absolute atomic E-state index is 12.8. The summed E-state index contributed by atoms with van der Waals surface area (Å²) in [5.74, 6) is -0.923. The molecule has 6 heteroatoms. The lowest BCUT2D eigenvalue weighted by molar-refractivity contribution is -0.167. The molecular weight excluding hydrogens is 805 g/mol. The van der Waals surface area contributed by atoms with Crippen molar-refractivity contribution in [3.05, 3.63) is 72.9 Å². The zero-order valence-electron chi connectivity index (χ0n) is 42.7. The molecule has 0 radical (unpaired) electrons. The second kappa shape index (κ2) is 53.5. The second-order valence-electron chi connectivity index (χ2n) is 18.1. The standard InChI is InChI=1S/C59H102O6/c1-4-7-10-13-16-19-22-25-27-28-29-30-32-35-37-40-43-46-49-52-58(61)64-55-56(65-59(62)53-50-47-44-41-38-33-24-21-18-15-12-9-6-3)54-63-57(60)51-48-45-42-39-36-34-31-26-23-20-17-14-11-8-5-2/h7,10,16,19,25-27,29-31,35,37,56H,4-6,8-9,11-15,17-18,20-24,28,32-34,36,38-55H2,1-3H3/b10-7-,19-16-,27-25-,30-29-,31-26-,37-35-/t56-/m0/s1. The molecule has 0 aliphatic heterocycles. The van der Waals surface area contributed by atoms with Crippen molar-refractivity contribution in [1.29, 1.82) is 0 Å². The Morgan fingerprint density at radius 1 is 0.323 bits per heavy atom. The number of hydrogen-bond donors (Lipinski definition) is 0. The van der Waals surface area contributed by atoms with Crippen LogP contribution >= 0.6 is 0 Å². The summed E-state index contributed by atoms with van der Waals surface area (Å²) in [6.45, 7) is 6.50. The summed E-state index contributed by atoms with van der Waals surface area (Å²) in [4.78, 5) is 38.1. The fourth-order valence-corrected chi connectivity index (χ4v) is 7.58. The Balaban J connectivity index is 4.43. The third kappa shape index (κ3) is 51.7. The van der Waals surface area contributed by atoms with E-state index in [1.165, 1.54) is 122 Å². The molecule has 6 nitrogen and oxygen atoms in total. The molecule has 374 valence electrons. The van der Waals surface area contributed by atoms with E-state index in [4.69, 9.17) is 14.2 Å². The smallest absolute Gasteiger partial charge is 0.306 e. The summed E-state index contributed by atoms with van der Waals surface area (Å²) >= 11 is 0. The highest BCUT2D eigenvalue weighted by molar-refractivity contribution is 5.71. The number of hydrogen-bond acceptors (Lipinski definition) is 6. The molecule has 0 saturated heterocycles. The van der Waals surface area contributed by atoms with Crippen molar-refractivity contribution in [3.8, 4) is 0 Å². The van der Waals surface area contributed by atoms with Crippen LogP contribution in [0.25, 0.3) is 0 Å². The monoisotopic (exact) mass is 907 g/mol. The Kier molecular flexibility index (Phi) is 50.9. The molecule has 0 bridgehead atoms. The van der Waals surface area contributed by atoms with Crippen molar-refractivity contribution < 1.29 is 28.6 Å². The number of unbranched alkanes of at least 4 members (excludes halogenated alkanes) is 26. The van der Waals surface area contributed by atoms with Gasteiger partial charge in [-0.3, -0.25) is 14.4 Å². The van der Waals surface area contributed by atoms with Crippen LogP contribution in [0.15, 0.2) is 72.9 Å². The Morgan fingerprint density at radius 2 is 0.600 bits per heavy atom. The lowest BCUT2D eigenvalue weighted by atomic mass is 10.0. The molecule has 0 heterocycles. The highest BCUT2D eigenvalue weighted by Gasteiger charge is 2.19. The highest BCUT2D eigenvalue weighted by Crippen LogP contribution is 2.15. The van der Waals surface area contributed by atoms with Gasteiger partial charge in [0.15, 0.2) is 6.10 Å². The zero-order chi connectivity index (χ0) is 47.2. The minimum atomic E-state index is -0.790. The summed E-state index contributed by atoms with van der Waals surface area (Å²) < 4.78 is 16.8. The second-order valence-corrected chi connectivity index (χ2v) is 18.1. The lowest BCUT2D eigenvalue weighted by Gasteiger charge is -2.18. The van der Waals surface area contributed by atoms with E-state index in [1.54, 1.807) is 0 Å². The molecule has 0 aromatic carbocycles. The van der Waals surface area contributed by atoms with Crippen molar-refractivity contribution >= 4 is 17.9 Å². The molecule has 0 fully saturated rings. The molecule has 1 atom stereocenters. The van der Waals surface area contributed by atoms with Crippen LogP contribution in [-0.2, 0) is 28.6 Å². The maximum Gasteiger partial charge on any atom is 0.306 e. The number of carbonyl (C=O) groups is 3. The fourth-order valence-electron chi connectivity index (χ4n) is 7.58. The Labute approximate surface area is 402 Å². The van der Waals surface area contributed by atoms with E-state index in [1.807, 2.05) is 0 Å². The number of esters is 3. The lowest BCUT2D eigenvalue weighted by Crippen LogP contribution is -2.30. The number of rotatable bonds is 49. The van der Waals surface area contributed by atoms with Crippen LogP contribution in [0.3, 0.4) is 0 Å². The number of carbonyl (C=O) groups excluding carboxylic acids is 3. The number of allylic oxidation sites excluding steroid dienone is 12. The van der Waals surface area contributed by atoms with Crippen LogP contribution < -0.4 is 0 Å². The fraction of sp³-hybridized carbons (Fsp3) is 0.746. The van der Waals surface area contributed by atoms with Crippen molar-refractivity contribution in [1.82, 2.24) is 0 Å². The predicted octanol–water partition coefficient (Wildman–Crippen LogP) is 18.2. The first-order chi connectivity index (χ1) is 32.0. The van der Waals surface area contributed by atoms with Gasteiger partial charge in [0, 0.05) is 19.3 Å². The van der Waals surface area contributed by atoms with Gasteiger partial charge in [-0.15, -0.1) is 0 Å². The van der Waals surface area contributed by atoms with Gasteiger partial charge in [0.25, 0.3) is 0 Å². The summed E-state index contributed by atoms with van der Waals surface area (Å²) in [5.41, 5.74) is 0. The molecule has 0 aliphatic rings. The molecule has 0 spiro atoms. The molecule has 0 unspecified atom stereocenters. The first kappa shape index (κ1) is 61.9. The van der Waals surface area contributed by atoms with Gasteiger partial charge >= 0.3 is 17.9 Å². The number of ether oxygens (including phenoxy) is 3. The van der Waals surface area contributed by atoms with Gasteiger partial charge in [-0.2, -0.15) is 0 Å². The van der Waals surface area contributed by atoms with Crippen molar-refractivity contribution in [3.63, 3.8) is 0 Å². The minimum absolute atomic E-state index is 0.0885. The first-order valence-electron chi connectivity index (χ1n) is 27.4. The van der Waals surface area contributed by atoms with Gasteiger partial charge in [0.1, 0.15) is 13.2 Å². The topological polar surface area (TPSA) is 78.9 Å². The van der Waals surface area contributed by atoms with Crippen LogP contribution in [0, 0.1) is 0 Å². The van der Waals surface area contributed by atoms with Crippen LogP contribution in [-0.4, -0.2) is 37.2 Å². The van der Waals surface area contributed by atoms with E-state index >= 15 is 0 Å². The van der Waals surface area contributed by atoms with Gasteiger partial charge in [-0.25, -0.2) is 0 Å². The van der Waals surface area contributed by atoms with Gasteiger partial charge in [-0.05, 0) is 89.9 Å². The van der Waals surface area contributed by atoms with Crippen LogP contribution in [0.1, 0.15) is 265 Å². The van der Waals surface area contributed by atoms with E-state index in [0.717, 1.165) is 103 Å². The van der Waals surface area contributed by atoms with E-state index < -0.39 is 6.10 Å². The Morgan fingerprint density at radius 3 is 0.969 bits per heavy atom. The molecule has 0 aromatic heterocycles. The summed E-state index contributed by atoms with van der Waals surface area (Å²) in [5, 5.41) is 0. The highest BCUT2D eigenvalue weighted by atomic mass is 16.6. The summed E-state index contributed by atoms with van der Waals surface area (Å²) in [7, 11) is 0. The van der Waals surface area contributed by atoms with Crippen molar-refractivity contribution in [2.24, 2.45) is 0 Å². The van der Waals surface area contributed by atoms with Gasteiger partial charge in [-0.1, -0.05) is 229 Å². The quantitative estimate of drug-likeness (QED) is 0.0262. The van der Waals surface area contributed by atoms with Crippen LogP contribution in [0.4, 0.5) is 0 Å². The van der Waals surface area contributed by atoms with Gasteiger partial charge in [0.05, 0.1) is 0 Å². The first-order valence-corrected chi connectivity index (χ1v) is 27.4. The third-order valence-electron chi connectivity index (χ3n) is 11.7. The van der Waals surface area contributed by atoms with Crippen molar-refractivity contribution in [2.45, 2.75) is 271 Å². The Hall–Kier alpha value is -3.15. The normalized spacial score (nSPS) is 12.6. The molecular formula is C59H102O6. The summed E-state index contributed by atoms with van der Waals surface area (Å²) in [6.07, 6.45) is 67.4. The Bertz CT molecular complexity index is 1230. The SMILES string of the molecule is CC/C=C\C/C=C\C/C=C\C/C=C\C/C=C\CCCCCC(=O)OC[C@H](COC(=O)CCCCCCC/C=C\CCCCCCCC)OC(=O)CCCCCCCCCCCCCCC. The van der Waals surface area contributed by atoms with E-state index in [0.29, 0.717) is 19.3 Å². The zero-order valence-corrected chi connectivity index (χ0v) is 42.7. The molecule has 65 heavy (non-hydrogen) atoms. The molecule has 0 amide bonds. The molecule has 0 aromatic rings. The average molecular weight is 907 g/mol. The largest absolute Gasteiger partial charge is 0.462 e. The average Bonchev–Trinajstić information content (AvgIpc) is 3.30. The molecule has 0 N–H and O–H groups in total. The van der Waals surface area contributed by atoms with Gasteiger partial charge < -0.3 is 14.2 Å². The third-order valence-corrected chi connectivity index (χ3v) is 11.7. The summed E-state index contributed by atoms with van der Waals surface area (Å²) in [6, 6.07) is 0. The van der Waals surface area contributed by atoms with E-state index in [2.05, 4.69) is 93.7 Å². The van der Waals surface area contributed by atoms with E-state index in [-0.39, 0.29) is 31.1 Å². The minimum Gasteiger partial charge on any atom is -0.462 e. The predicted molar refractivity (Wildman–Crippen MR) is 279 cm³/mol. The van der Waals surface area contributed by atoms with Crippen LogP contribution in [0.2, 0.25) is 0 Å². The van der Waals surface area contributed by atoms with E-state index in [9.17, 15) is 14.4 Å². The molecule has 0 aliphatic carbocycles. The van der Waals surface area contributed by atoms with Crippen molar-refractivity contribution in [2.75, 3.05) is 13.2 Å². The van der Waals surface area contributed by atoms with Gasteiger partial charge in [0.2, 0.25) is 0 Å². The molecule has 0 saturated carbocycles. The van der Waals surface area contributed by atoms with Crippen LogP contribution in [0.5, 0.6) is 0 Å². The maximum atomic E-state index is 12.8. The molecule has 0 rings (SSSR count).